The molecule has 1 N–H and O–H groups in total. The zero-order chi connectivity index (χ0) is 10.1. The maximum Gasteiger partial charge on any atom is 0.331 e. The van der Waals surface area contributed by atoms with E-state index in [0.717, 1.165) is 19.1 Å². The first-order chi connectivity index (χ1) is 6.20. The average Bonchev–Trinajstić information content (AvgIpc) is 2.19. The first-order valence-corrected chi connectivity index (χ1v) is 4.46. The van der Waals surface area contributed by atoms with Gasteiger partial charge in [-0.25, -0.2) is 4.79 Å². The van der Waals surface area contributed by atoms with Crippen LogP contribution in [-0.4, -0.2) is 38.0 Å². The molecule has 0 atom stereocenters. The quantitative estimate of drug-likeness (QED) is 0.615. The van der Waals surface area contributed by atoms with E-state index in [4.69, 9.17) is 9.84 Å². The fraction of sp³-hybridized carbons (Fsp3) is 0.889. The molecule has 0 aromatic carbocycles. The van der Waals surface area contributed by atoms with E-state index in [2.05, 4.69) is 11.7 Å². The van der Waals surface area contributed by atoms with Crippen molar-refractivity contribution in [3.63, 3.8) is 0 Å². The van der Waals surface area contributed by atoms with Crippen molar-refractivity contribution in [1.82, 2.24) is 0 Å². The lowest BCUT2D eigenvalue weighted by molar-refractivity contribution is -0.143. The van der Waals surface area contributed by atoms with Gasteiger partial charge < -0.3 is 14.6 Å². The first kappa shape index (κ1) is 12.4. The Morgan fingerprint density at radius 3 is 2.23 bits per heavy atom. The van der Waals surface area contributed by atoms with Crippen LogP contribution in [0.5, 0.6) is 0 Å². The van der Waals surface area contributed by atoms with Gasteiger partial charge in [0, 0.05) is 13.2 Å². The fourth-order valence-corrected chi connectivity index (χ4v) is 0.880. The summed E-state index contributed by atoms with van der Waals surface area (Å²) in [6, 6.07) is 0. The molecule has 0 aliphatic carbocycles. The number of carbonyl (C=O) groups is 1. The van der Waals surface area contributed by atoms with Gasteiger partial charge in [-0.2, -0.15) is 0 Å². The van der Waals surface area contributed by atoms with Gasteiger partial charge >= 0.3 is 5.97 Å². The summed E-state index contributed by atoms with van der Waals surface area (Å²) in [7, 11) is 1.22. The van der Waals surface area contributed by atoms with Gasteiger partial charge in [-0.1, -0.05) is 6.92 Å². The smallest absolute Gasteiger partial charge is 0.331 e. The summed E-state index contributed by atoms with van der Waals surface area (Å²) in [5.74, 6) is 0.309. The van der Waals surface area contributed by atoms with E-state index in [-0.39, 0.29) is 0 Å². The van der Waals surface area contributed by atoms with Crippen molar-refractivity contribution in [3.8, 4) is 0 Å². The van der Waals surface area contributed by atoms with Crippen LogP contribution >= 0.6 is 0 Å². The van der Waals surface area contributed by atoms with Crippen molar-refractivity contribution in [2.24, 2.45) is 5.92 Å². The highest BCUT2D eigenvalue weighted by molar-refractivity contribution is 5.70. The number of aliphatic hydroxyl groups is 1. The van der Waals surface area contributed by atoms with Crippen molar-refractivity contribution >= 4 is 5.97 Å². The fourth-order valence-electron chi connectivity index (χ4n) is 0.880. The standard InChI is InChI=1S/C6H12O.C3H6O3/c1-6-2-4-7-5-3-6;1-6-3(5)2-4/h6H,2-5H2,1H3;4H,2H2,1H3. The molecule has 1 aliphatic heterocycles. The lowest BCUT2D eigenvalue weighted by atomic mass is 10.0. The van der Waals surface area contributed by atoms with E-state index in [1.54, 1.807) is 0 Å². The summed E-state index contributed by atoms with van der Waals surface area (Å²) < 4.78 is 9.15. The van der Waals surface area contributed by atoms with Gasteiger partial charge in [0.2, 0.25) is 0 Å². The van der Waals surface area contributed by atoms with Crippen LogP contribution in [0, 0.1) is 5.92 Å². The molecule has 4 heteroatoms. The van der Waals surface area contributed by atoms with Gasteiger partial charge in [0.15, 0.2) is 0 Å². The molecule has 0 aromatic rings. The minimum absolute atomic E-state index is 0.531. The van der Waals surface area contributed by atoms with E-state index in [1.807, 2.05) is 0 Å². The van der Waals surface area contributed by atoms with Crippen molar-refractivity contribution in [1.29, 1.82) is 0 Å². The second-order valence-corrected chi connectivity index (χ2v) is 3.03. The molecule has 0 aromatic heterocycles. The third kappa shape index (κ3) is 7.74. The van der Waals surface area contributed by atoms with Crippen molar-refractivity contribution in [2.45, 2.75) is 19.8 Å². The Labute approximate surface area is 78.8 Å². The molecule has 1 aliphatic rings. The predicted molar refractivity (Wildman–Crippen MR) is 48.3 cm³/mol. The third-order valence-corrected chi connectivity index (χ3v) is 1.87. The van der Waals surface area contributed by atoms with E-state index in [1.165, 1.54) is 20.0 Å². The van der Waals surface area contributed by atoms with Crippen LogP contribution in [0.3, 0.4) is 0 Å². The molecule has 13 heavy (non-hydrogen) atoms. The molecule has 0 amide bonds. The van der Waals surface area contributed by atoms with Crippen molar-refractivity contribution < 1.29 is 19.4 Å². The van der Waals surface area contributed by atoms with E-state index in [0.29, 0.717) is 0 Å². The van der Waals surface area contributed by atoms with Gasteiger partial charge in [0.1, 0.15) is 6.61 Å². The Morgan fingerprint density at radius 1 is 1.54 bits per heavy atom. The zero-order valence-corrected chi connectivity index (χ0v) is 8.28. The average molecular weight is 190 g/mol. The number of hydrogen-bond acceptors (Lipinski definition) is 4. The molecule has 0 unspecified atom stereocenters. The highest BCUT2D eigenvalue weighted by Crippen LogP contribution is 2.11. The number of carbonyl (C=O) groups excluding carboxylic acids is 1. The number of esters is 1. The number of aliphatic hydroxyl groups excluding tert-OH is 1. The van der Waals surface area contributed by atoms with Crippen molar-refractivity contribution in [2.75, 3.05) is 26.9 Å². The largest absolute Gasteiger partial charge is 0.467 e. The van der Waals surface area contributed by atoms with Crippen LogP contribution < -0.4 is 0 Å². The van der Waals surface area contributed by atoms with Gasteiger partial charge in [-0.3, -0.25) is 0 Å². The molecular weight excluding hydrogens is 172 g/mol. The minimum Gasteiger partial charge on any atom is -0.467 e. The molecule has 1 rings (SSSR count). The molecule has 0 saturated carbocycles. The third-order valence-electron chi connectivity index (χ3n) is 1.87. The lowest BCUT2D eigenvalue weighted by Crippen LogP contribution is -2.12. The maximum atomic E-state index is 9.71. The Bertz CT molecular complexity index is 124. The van der Waals surface area contributed by atoms with Gasteiger partial charge in [0.25, 0.3) is 0 Å². The van der Waals surface area contributed by atoms with Gasteiger partial charge in [0.05, 0.1) is 7.11 Å². The Morgan fingerprint density at radius 2 is 2.08 bits per heavy atom. The van der Waals surface area contributed by atoms with Crippen LogP contribution in [-0.2, 0) is 14.3 Å². The summed E-state index contributed by atoms with van der Waals surface area (Å²) in [5.41, 5.74) is 0. The molecule has 0 bridgehead atoms. The van der Waals surface area contributed by atoms with Crippen LogP contribution in [0.4, 0.5) is 0 Å². The number of hydrogen-bond donors (Lipinski definition) is 1. The topological polar surface area (TPSA) is 55.8 Å². The summed E-state index contributed by atoms with van der Waals surface area (Å²) in [6.07, 6.45) is 2.53. The number of methoxy groups -OCH3 is 1. The predicted octanol–water partition coefficient (Wildman–Crippen LogP) is 0.585. The molecular formula is C9H18O4. The molecule has 1 heterocycles. The molecule has 0 radical (unpaired) electrons. The molecule has 1 saturated heterocycles. The molecule has 4 nitrogen and oxygen atoms in total. The maximum absolute atomic E-state index is 9.71. The second kappa shape index (κ2) is 8.01. The summed E-state index contributed by atoms with van der Waals surface area (Å²) in [4.78, 5) is 9.71. The molecule has 78 valence electrons. The summed E-state index contributed by atoms with van der Waals surface area (Å²) >= 11 is 0. The van der Waals surface area contributed by atoms with Crippen LogP contribution in [0.15, 0.2) is 0 Å². The zero-order valence-electron chi connectivity index (χ0n) is 8.28. The van der Waals surface area contributed by atoms with Gasteiger partial charge in [-0.05, 0) is 18.8 Å². The Kier molecular flexibility index (Phi) is 7.63. The normalized spacial score (nSPS) is 17.2. The van der Waals surface area contributed by atoms with E-state index >= 15 is 0 Å². The molecule has 0 spiro atoms. The van der Waals surface area contributed by atoms with E-state index < -0.39 is 12.6 Å². The highest BCUT2D eigenvalue weighted by Gasteiger charge is 2.06. The molecule has 1 fully saturated rings. The van der Waals surface area contributed by atoms with Crippen LogP contribution in [0.2, 0.25) is 0 Å². The van der Waals surface area contributed by atoms with Crippen LogP contribution in [0.25, 0.3) is 0 Å². The highest BCUT2D eigenvalue weighted by atomic mass is 16.5. The second-order valence-electron chi connectivity index (χ2n) is 3.03. The summed E-state index contributed by atoms with van der Waals surface area (Å²) in [6.45, 7) is 3.72. The minimum atomic E-state index is -0.602. The SMILES string of the molecule is CC1CCOCC1.COC(=O)CO. The first-order valence-electron chi connectivity index (χ1n) is 4.46. The van der Waals surface area contributed by atoms with E-state index in [9.17, 15) is 4.79 Å². The Balaban J connectivity index is 0.000000226. The lowest BCUT2D eigenvalue weighted by Gasteiger charge is -2.16. The van der Waals surface area contributed by atoms with Gasteiger partial charge in [-0.15, -0.1) is 0 Å². The number of ether oxygens (including phenoxy) is 2. The summed E-state index contributed by atoms with van der Waals surface area (Å²) in [5, 5.41) is 7.86. The Hall–Kier alpha value is -0.610. The van der Waals surface area contributed by atoms with Crippen LogP contribution in [0.1, 0.15) is 19.8 Å². The monoisotopic (exact) mass is 190 g/mol. The van der Waals surface area contributed by atoms with Crippen molar-refractivity contribution in [3.05, 3.63) is 0 Å². The number of rotatable bonds is 1.